The number of sulfonamides is 1. The van der Waals surface area contributed by atoms with E-state index in [1.165, 1.54) is 6.42 Å². The van der Waals surface area contributed by atoms with E-state index in [0.717, 1.165) is 37.4 Å². The Labute approximate surface area is 151 Å². The summed E-state index contributed by atoms with van der Waals surface area (Å²) in [5.41, 5.74) is 0.786. The van der Waals surface area contributed by atoms with Gasteiger partial charge in [0.1, 0.15) is 5.82 Å². The molecule has 1 fully saturated rings. The van der Waals surface area contributed by atoms with Crippen molar-refractivity contribution in [1.29, 1.82) is 0 Å². The smallest absolute Gasteiger partial charge is 0.356 e. The molecule has 0 spiro atoms. The number of hydrogen-bond donors (Lipinski definition) is 2. The van der Waals surface area contributed by atoms with Crippen LogP contribution >= 0.6 is 0 Å². The molecule has 0 bridgehead atoms. The lowest BCUT2D eigenvalue weighted by atomic mass is 10.1. The van der Waals surface area contributed by atoms with E-state index in [2.05, 4.69) is 24.9 Å². The molecule has 0 saturated carbocycles. The van der Waals surface area contributed by atoms with Crippen molar-refractivity contribution in [3.8, 4) is 0 Å². The summed E-state index contributed by atoms with van der Waals surface area (Å²) in [6.45, 7) is 3.86. The third-order valence-corrected chi connectivity index (χ3v) is 5.29. The summed E-state index contributed by atoms with van der Waals surface area (Å²) < 4.78 is 61.5. The van der Waals surface area contributed by atoms with Crippen LogP contribution in [0.25, 0.3) is 0 Å². The van der Waals surface area contributed by atoms with Gasteiger partial charge in [0.15, 0.2) is 0 Å². The third kappa shape index (κ3) is 7.32. The zero-order chi connectivity index (χ0) is 19.2. The highest BCUT2D eigenvalue weighted by atomic mass is 32.2. The first kappa shape index (κ1) is 20.7. The molecule has 26 heavy (non-hydrogen) atoms. The van der Waals surface area contributed by atoms with Crippen molar-refractivity contribution in [3.63, 3.8) is 0 Å². The second-order valence-electron chi connectivity index (χ2n) is 6.24. The highest BCUT2D eigenvalue weighted by molar-refractivity contribution is 7.89. The molecule has 1 aromatic heterocycles. The van der Waals surface area contributed by atoms with Crippen LogP contribution in [0, 0.1) is 6.92 Å². The average molecular weight is 395 g/mol. The first-order valence-corrected chi connectivity index (χ1v) is 10.2. The van der Waals surface area contributed by atoms with Crippen LogP contribution in [0.5, 0.6) is 0 Å². The number of rotatable bonds is 8. The van der Waals surface area contributed by atoms with Crippen LogP contribution in [0.2, 0.25) is 0 Å². The van der Waals surface area contributed by atoms with E-state index in [4.69, 9.17) is 0 Å². The van der Waals surface area contributed by atoms with Crippen LogP contribution < -0.4 is 14.9 Å². The zero-order valence-electron chi connectivity index (χ0n) is 14.6. The summed E-state index contributed by atoms with van der Waals surface area (Å²) in [4.78, 5) is 10.9. The fraction of sp³-hybridized carbons (Fsp3) is 0.733. The van der Waals surface area contributed by atoms with Gasteiger partial charge in [0.25, 0.3) is 0 Å². The Balaban J connectivity index is 1.83. The largest absolute Gasteiger partial charge is 0.390 e. The fourth-order valence-electron chi connectivity index (χ4n) is 2.62. The predicted molar refractivity (Wildman–Crippen MR) is 93.8 cm³/mol. The van der Waals surface area contributed by atoms with Crippen molar-refractivity contribution in [2.24, 2.45) is 0 Å². The van der Waals surface area contributed by atoms with Crippen molar-refractivity contribution < 1.29 is 21.6 Å². The van der Waals surface area contributed by atoms with Crippen molar-refractivity contribution in [2.45, 2.75) is 38.8 Å². The van der Waals surface area contributed by atoms with E-state index in [0.29, 0.717) is 5.95 Å². The van der Waals surface area contributed by atoms with Gasteiger partial charge in [0.2, 0.25) is 16.0 Å². The molecule has 1 aliphatic heterocycles. The van der Waals surface area contributed by atoms with Gasteiger partial charge in [0, 0.05) is 37.9 Å². The number of aryl methyl sites for hydroxylation is 1. The monoisotopic (exact) mass is 395 g/mol. The number of alkyl halides is 3. The number of aromatic nitrogens is 2. The molecular formula is C15H24F3N5O2S. The standard InChI is InChI=1S/C15H24F3N5O2S/c1-12-11-13(23-8-3-2-4-9-23)22-14(21-12)19-6-7-20-26(24,25)10-5-15(16,17)18/h11,20H,2-10H2,1H3,(H,19,21,22). The lowest BCUT2D eigenvalue weighted by Crippen LogP contribution is -2.33. The maximum Gasteiger partial charge on any atom is 0.390 e. The zero-order valence-corrected chi connectivity index (χ0v) is 15.5. The van der Waals surface area contributed by atoms with Crippen molar-refractivity contribution >= 4 is 21.8 Å². The molecule has 0 atom stereocenters. The second kappa shape index (κ2) is 8.85. The Hall–Kier alpha value is -1.62. The minimum atomic E-state index is -4.49. The van der Waals surface area contributed by atoms with Crippen LogP contribution in [-0.2, 0) is 10.0 Å². The Bertz CT molecular complexity index is 691. The van der Waals surface area contributed by atoms with Gasteiger partial charge in [-0.25, -0.2) is 18.1 Å². The number of nitrogens with zero attached hydrogens (tertiary/aromatic N) is 3. The normalized spacial score (nSPS) is 15.9. The summed E-state index contributed by atoms with van der Waals surface area (Å²) in [5, 5.41) is 2.91. The molecule has 0 unspecified atom stereocenters. The lowest BCUT2D eigenvalue weighted by Gasteiger charge is -2.28. The summed E-state index contributed by atoms with van der Waals surface area (Å²) in [6.07, 6.45) is -2.42. The average Bonchev–Trinajstić information content (AvgIpc) is 2.57. The van der Waals surface area contributed by atoms with Crippen molar-refractivity contribution in [1.82, 2.24) is 14.7 Å². The Morgan fingerprint density at radius 2 is 1.85 bits per heavy atom. The molecular weight excluding hydrogens is 371 g/mol. The molecule has 2 N–H and O–H groups in total. The maximum atomic E-state index is 12.1. The first-order valence-electron chi connectivity index (χ1n) is 8.53. The third-order valence-electron chi connectivity index (χ3n) is 3.91. The van der Waals surface area contributed by atoms with E-state index in [-0.39, 0.29) is 13.1 Å². The highest BCUT2D eigenvalue weighted by Crippen LogP contribution is 2.20. The fourth-order valence-corrected chi connectivity index (χ4v) is 3.68. The quantitative estimate of drug-likeness (QED) is 0.655. The van der Waals surface area contributed by atoms with E-state index >= 15 is 0 Å². The highest BCUT2D eigenvalue weighted by Gasteiger charge is 2.29. The van der Waals surface area contributed by atoms with Crippen LogP contribution in [0.15, 0.2) is 6.07 Å². The Morgan fingerprint density at radius 3 is 2.50 bits per heavy atom. The number of halogens is 3. The molecule has 0 amide bonds. The summed E-state index contributed by atoms with van der Waals surface area (Å²) >= 11 is 0. The second-order valence-corrected chi connectivity index (χ2v) is 8.17. The molecule has 0 radical (unpaired) electrons. The van der Waals surface area contributed by atoms with Gasteiger partial charge in [-0.1, -0.05) is 0 Å². The number of hydrogen-bond acceptors (Lipinski definition) is 6. The summed E-state index contributed by atoms with van der Waals surface area (Å²) in [7, 11) is -3.96. The maximum absolute atomic E-state index is 12.1. The molecule has 2 rings (SSSR count). The van der Waals surface area contributed by atoms with Crippen LogP contribution in [0.1, 0.15) is 31.4 Å². The molecule has 7 nitrogen and oxygen atoms in total. The van der Waals surface area contributed by atoms with E-state index < -0.39 is 28.4 Å². The van der Waals surface area contributed by atoms with Gasteiger partial charge in [0.05, 0.1) is 12.2 Å². The number of piperidine rings is 1. The van der Waals surface area contributed by atoms with Crippen LogP contribution in [-0.4, -0.2) is 56.5 Å². The SMILES string of the molecule is Cc1cc(N2CCCCC2)nc(NCCNS(=O)(=O)CCC(F)(F)F)n1. The molecule has 1 aromatic rings. The first-order chi connectivity index (χ1) is 12.1. The van der Waals surface area contributed by atoms with E-state index in [9.17, 15) is 21.6 Å². The minimum absolute atomic E-state index is 0.0451. The summed E-state index contributed by atoms with van der Waals surface area (Å²) in [6, 6.07) is 1.90. The molecule has 11 heteroatoms. The number of nitrogens with one attached hydrogen (secondary N) is 2. The van der Waals surface area contributed by atoms with Crippen LogP contribution in [0.4, 0.5) is 24.9 Å². The van der Waals surface area contributed by atoms with Gasteiger partial charge in [-0.15, -0.1) is 0 Å². The predicted octanol–water partition coefficient (Wildman–Crippen LogP) is 2.06. The summed E-state index contributed by atoms with van der Waals surface area (Å²) in [5.74, 6) is 0.224. The van der Waals surface area contributed by atoms with Gasteiger partial charge < -0.3 is 10.2 Å². The lowest BCUT2D eigenvalue weighted by molar-refractivity contribution is -0.129. The van der Waals surface area contributed by atoms with E-state index in [1.54, 1.807) is 0 Å². The Morgan fingerprint density at radius 1 is 1.15 bits per heavy atom. The minimum Gasteiger partial charge on any atom is -0.356 e. The van der Waals surface area contributed by atoms with Crippen LogP contribution in [0.3, 0.4) is 0 Å². The van der Waals surface area contributed by atoms with Gasteiger partial charge in [-0.05, 0) is 26.2 Å². The molecule has 0 aliphatic carbocycles. The van der Waals surface area contributed by atoms with Gasteiger partial charge in [-0.3, -0.25) is 0 Å². The molecule has 1 saturated heterocycles. The van der Waals surface area contributed by atoms with E-state index in [1.807, 2.05) is 13.0 Å². The molecule has 148 valence electrons. The topological polar surface area (TPSA) is 87.2 Å². The molecule has 1 aliphatic rings. The van der Waals surface area contributed by atoms with Crippen molar-refractivity contribution in [2.75, 3.05) is 42.1 Å². The molecule has 2 heterocycles. The van der Waals surface area contributed by atoms with Crippen molar-refractivity contribution in [3.05, 3.63) is 11.8 Å². The van der Waals surface area contributed by atoms with Gasteiger partial charge >= 0.3 is 6.18 Å². The molecule has 0 aromatic carbocycles. The number of anilines is 2. The Kier molecular flexibility index (Phi) is 7.04. The van der Waals surface area contributed by atoms with Gasteiger partial charge in [-0.2, -0.15) is 18.2 Å².